The van der Waals surface area contributed by atoms with Crippen molar-refractivity contribution in [1.82, 2.24) is 15.3 Å². The number of ether oxygens (including phenoxy) is 1. The molecule has 0 spiro atoms. The Morgan fingerprint density at radius 2 is 1.97 bits per heavy atom. The first-order valence-corrected chi connectivity index (χ1v) is 9.91. The van der Waals surface area contributed by atoms with Crippen molar-refractivity contribution in [2.24, 2.45) is 0 Å². The minimum absolute atomic E-state index is 0.227. The molecule has 0 fully saturated rings. The molecule has 29 heavy (non-hydrogen) atoms. The fourth-order valence-corrected chi connectivity index (χ4v) is 3.90. The second-order valence-electron chi connectivity index (χ2n) is 6.56. The van der Waals surface area contributed by atoms with E-state index in [0.29, 0.717) is 29.7 Å². The highest BCUT2D eigenvalue weighted by Gasteiger charge is 2.10. The summed E-state index contributed by atoms with van der Waals surface area (Å²) in [6.45, 7) is 1.30. The molecule has 0 unspecified atom stereocenters. The van der Waals surface area contributed by atoms with E-state index >= 15 is 0 Å². The number of fused-ring (bicyclic) bond motifs is 2. The van der Waals surface area contributed by atoms with Gasteiger partial charge in [0, 0.05) is 36.3 Å². The molecule has 0 saturated heterocycles. The highest BCUT2D eigenvalue weighted by Crippen LogP contribution is 2.32. The smallest absolute Gasteiger partial charge is 0.281 e. The number of rotatable bonds is 6. The summed E-state index contributed by atoms with van der Waals surface area (Å²) in [5, 5.41) is 4.93. The highest BCUT2D eigenvalue weighted by atomic mass is 32.1. The normalized spacial score (nSPS) is 11.3. The molecule has 0 aliphatic rings. The van der Waals surface area contributed by atoms with E-state index in [1.54, 1.807) is 24.6 Å². The largest absolute Gasteiger partial charge is 0.464 e. The number of nitrogens with one attached hydrogen (secondary N) is 1. The van der Waals surface area contributed by atoms with Crippen LogP contribution in [0.25, 0.3) is 21.3 Å². The van der Waals surface area contributed by atoms with Gasteiger partial charge >= 0.3 is 0 Å². The monoisotopic (exact) mass is 405 g/mol. The van der Waals surface area contributed by atoms with Crippen LogP contribution in [0, 0.1) is 5.82 Å². The van der Waals surface area contributed by atoms with Crippen LogP contribution in [0.5, 0.6) is 10.9 Å². The molecule has 0 aliphatic carbocycles. The number of thiazole rings is 1. The summed E-state index contributed by atoms with van der Waals surface area (Å²) < 4.78 is 25.6. The average Bonchev–Trinajstić information content (AvgIpc) is 3.32. The van der Waals surface area contributed by atoms with Crippen LogP contribution in [-0.4, -0.2) is 9.97 Å². The number of furan rings is 1. The van der Waals surface area contributed by atoms with Gasteiger partial charge in [-0.1, -0.05) is 23.5 Å². The van der Waals surface area contributed by atoms with Crippen LogP contribution >= 0.6 is 11.3 Å². The second kappa shape index (κ2) is 7.62. The van der Waals surface area contributed by atoms with Crippen LogP contribution in [0.3, 0.4) is 0 Å². The molecule has 0 aliphatic heterocycles. The molecule has 0 atom stereocenters. The van der Waals surface area contributed by atoms with Crippen molar-refractivity contribution in [3.8, 4) is 10.9 Å². The minimum Gasteiger partial charge on any atom is -0.464 e. The van der Waals surface area contributed by atoms with Crippen molar-refractivity contribution < 1.29 is 13.5 Å². The molecule has 0 bridgehead atoms. The number of benzene rings is 2. The van der Waals surface area contributed by atoms with Crippen LogP contribution in [0.2, 0.25) is 0 Å². The van der Waals surface area contributed by atoms with E-state index in [9.17, 15) is 4.39 Å². The van der Waals surface area contributed by atoms with Gasteiger partial charge in [0.15, 0.2) is 5.65 Å². The van der Waals surface area contributed by atoms with E-state index in [4.69, 9.17) is 9.15 Å². The molecule has 0 radical (unpaired) electrons. The van der Waals surface area contributed by atoms with Crippen LogP contribution in [0.4, 0.5) is 4.39 Å². The lowest BCUT2D eigenvalue weighted by atomic mass is 10.1. The molecule has 144 valence electrons. The molecule has 1 N–H and O–H groups in total. The first-order chi connectivity index (χ1) is 14.2. The first kappa shape index (κ1) is 17.8. The molecule has 5 aromatic rings. The van der Waals surface area contributed by atoms with Gasteiger partial charge in [-0.15, -0.1) is 0 Å². The van der Waals surface area contributed by atoms with Crippen LogP contribution < -0.4 is 10.1 Å². The summed E-state index contributed by atoms with van der Waals surface area (Å²) in [5.41, 5.74) is 3.51. The molecular formula is C22H16FN3O2S. The maximum atomic E-state index is 13.0. The SMILES string of the molecule is Fc1ccc(CNCc2coc3cc(Oc4nc5ncccc5s4)ccc23)cc1. The van der Waals surface area contributed by atoms with Crippen molar-refractivity contribution in [2.75, 3.05) is 0 Å². The number of aromatic nitrogens is 2. The van der Waals surface area contributed by atoms with Gasteiger partial charge in [0.05, 0.1) is 11.0 Å². The molecular weight excluding hydrogens is 389 g/mol. The zero-order chi connectivity index (χ0) is 19.6. The zero-order valence-electron chi connectivity index (χ0n) is 15.3. The fourth-order valence-electron chi connectivity index (χ4n) is 3.10. The Morgan fingerprint density at radius 1 is 1.07 bits per heavy atom. The third-order valence-electron chi connectivity index (χ3n) is 4.54. The number of hydrogen-bond donors (Lipinski definition) is 1. The topological polar surface area (TPSA) is 60.2 Å². The summed E-state index contributed by atoms with van der Waals surface area (Å²) in [5.74, 6) is 0.437. The fraction of sp³-hybridized carbons (Fsp3) is 0.0909. The van der Waals surface area contributed by atoms with Crippen molar-refractivity contribution in [3.63, 3.8) is 0 Å². The summed E-state index contributed by atoms with van der Waals surface area (Å²) in [4.78, 5) is 8.62. The lowest BCUT2D eigenvalue weighted by Gasteiger charge is -2.04. The quantitative estimate of drug-likeness (QED) is 0.395. The van der Waals surface area contributed by atoms with E-state index in [2.05, 4.69) is 15.3 Å². The minimum atomic E-state index is -0.227. The van der Waals surface area contributed by atoms with Crippen LogP contribution in [-0.2, 0) is 13.1 Å². The van der Waals surface area contributed by atoms with Crippen molar-refractivity contribution >= 4 is 32.7 Å². The van der Waals surface area contributed by atoms with Crippen LogP contribution in [0.15, 0.2) is 71.5 Å². The first-order valence-electron chi connectivity index (χ1n) is 9.09. The molecule has 5 nitrogen and oxygen atoms in total. The van der Waals surface area contributed by atoms with Gasteiger partial charge in [0.25, 0.3) is 5.19 Å². The Balaban J connectivity index is 1.28. The van der Waals surface area contributed by atoms with Gasteiger partial charge in [-0.2, -0.15) is 4.98 Å². The maximum absolute atomic E-state index is 13.0. The zero-order valence-corrected chi connectivity index (χ0v) is 16.1. The summed E-state index contributed by atoms with van der Waals surface area (Å²) in [6, 6.07) is 16.1. The Kier molecular flexibility index (Phi) is 4.67. The molecule has 3 aromatic heterocycles. The van der Waals surface area contributed by atoms with Gasteiger partial charge in [-0.05, 0) is 42.0 Å². The molecule has 0 amide bonds. The lowest BCUT2D eigenvalue weighted by molar-refractivity contribution is 0.479. The average molecular weight is 405 g/mol. The molecule has 3 heterocycles. The van der Waals surface area contributed by atoms with Gasteiger partial charge in [-0.3, -0.25) is 0 Å². The number of pyridine rings is 1. The Morgan fingerprint density at radius 3 is 2.83 bits per heavy atom. The van der Waals surface area contributed by atoms with E-state index in [1.807, 2.05) is 30.3 Å². The molecule has 7 heteroatoms. The van der Waals surface area contributed by atoms with E-state index in [1.165, 1.54) is 23.5 Å². The number of nitrogens with zero attached hydrogens (tertiary/aromatic N) is 2. The number of halogens is 1. The Bertz CT molecular complexity index is 1250. The second-order valence-corrected chi connectivity index (χ2v) is 7.55. The van der Waals surface area contributed by atoms with Crippen molar-refractivity contribution in [3.05, 3.63) is 84.0 Å². The molecule has 0 saturated carbocycles. The predicted octanol–water partition coefficient (Wildman–Crippen LogP) is 5.66. The van der Waals surface area contributed by atoms with Gasteiger partial charge < -0.3 is 14.5 Å². The van der Waals surface area contributed by atoms with E-state index in [-0.39, 0.29) is 5.82 Å². The van der Waals surface area contributed by atoms with E-state index in [0.717, 1.165) is 26.8 Å². The summed E-state index contributed by atoms with van der Waals surface area (Å²) in [6.07, 6.45) is 3.46. The summed E-state index contributed by atoms with van der Waals surface area (Å²) in [7, 11) is 0. The van der Waals surface area contributed by atoms with E-state index < -0.39 is 0 Å². The molecule has 5 rings (SSSR count). The molecule has 2 aromatic carbocycles. The Hall–Kier alpha value is -3.29. The highest BCUT2D eigenvalue weighted by molar-refractivity contribution is 7.20. The van der Waals surface area contributed by atoms with Crippen LogP contribution in [0.1, 0.15) is 11.1 Å². The van der Waals surface area contributed by atoms with Crippen molar-refractivity contribution in [2.45, 2.75) is 13.1 Å². The third-order valence-corrected chi connectivity index (χ3v) is 5.42. The predicted molar refractivity (Wildman–Crippen MR) is 111 cm³/mol. The maximum Gasteiger partial charge on any atom is 0.281 e. The standard InChI is InChI=1S/C22H16FN3O2S/c23-16-5-3-14(4-6-16)11-24-12-15-13-27-19-10-17(7-8-18(15)19)28-22-26-21-20(29-22)2-1-9-25-21/h1-10,13,24H,11-12H2. The summed E-state index contributed by atoms with van der Waals surface area (Å²) >= 11 is 1.45. The van der Waals surface area contributed by atoms with Gasteiger partial charge in [0.1, 0.15) is 17.1 Å². The van der Waals surface area contributed by atoms with Gasteiger partial charge in [0.2, 0.25) is 0 Å². The number of hydrogen-bond acceptors (Lipinski definition) is 6. The van der Waals surface area contributed by atoms with Crippen molar-refractivity contribution in [1.29, 1.82) is 0 Å². The lowest BCUT2D eigenvalue weighted by Crippen LogP contribution is -2.12. The third kappa shape index (κ3) is 3.83. The van der Waals surface area contributed by atoms with Gasteiger partial charge in [-0.25, -0.2) is 9.37 Å². The Labute approximate surface area is 169 Å².